The minimum Gasteiger partial charge on any atom is -0.478 e. The summed E-state index contributed by atoms with van der Waals surface area (Å²) in [7, 11) is 0. The van der Waals surface area contributed by atoms with Gasteiger partial charge in [-0.15, -0.1) is 0 Å². The summed E-state index contributed by atoms with van der Waals surface area (Å²) in [4.78, 5) is 10.4. The lowest BCUT2D eigenvalue weighted by Crippen LogP contribution is -1.87. The van der Waals surface area contributed by atoms with Crippen molar-refractivity contribution >= 4 is 12.0 Å². The van der Waals surface area contributed by atoms with Crippen molar-refractivity contribution in [3.05, 3.63) is 66.0 Å². The summed E-state index contributed by atoms with van der Waals surface area (Å²) in [6, 6.07) is 13.8. The molecule has 1 N–H and O–H groups in total. The molecule has 0 fully saturated rings. The number of halogens is 1. The Morgan fingerprint density at radius 2 is 1.78 bits per heavy atom. The smallest absolute Gasteiger partial charge is 0.328 e. The number of carboxylic acid groups (broad SMARTS) is 1. The Labute approximate surface area is 104 Å². The van der Waals surface area contributed by atoms with Crippen LogP contribution in [0.5, 0.6) is 0 Å². The fraction of sp³-hybridized carbons (Fsp3) is 0. The molecule has 0 aliphatic heterocycles. The summed E-state index contributed by atoms with van der Waals surface area (Å²) >= 11 is 0. The second-order valence-corrected chi connectivity index (χ2v) is 3.81. The number of rotatable bonds is 3. The van der Waals surface area contributed by atoms with Gasteiger partial charge in [0.2, 0.25) is 0 Å². The van der Waals surface area contributed by atoms with Gasteiger partial charge in [0.25, 0.3) is 0 Å². The first-order valence-corrected chi connectivity index (χ1v) is 5.42. The predicted molar refractivity (Wildman–Crippen MR) is 68.5 cm³/mol. The van der Waals surface area contributed by atoms with Gasteiger partial charge < -0.3 is 5.11 Å². The molecule has 0 saturated carbocycles. The Hall–Kier alpha value is -2.42. The highest BCUT2D eigenvalue weighted by Gasteiger charge is 2.01. The number of benzene rings is 2. The summed E-state index contributed by atoms with van der Waals surface area (Å²) in [5.41, 5.74) is 2.14. The van der Waals surface area contributed by atoms with E-state index in [0.29, 0.717) is 5.56 Å². The molecule has 0 heterocycles. The van der Waals surface area contributed by atoms with Gasteiger partial charge >= 0.3 is 5.97 Å². The largest absolute Gasteiger partial charge is 0.478 e. The molecule has 0 saturated heterocycles. The predicted octanol–water partition coefficient (Wildman–Crippen LogP) is 3.59. The Bertz CT molecular complexity index is 589. The molecule has 0 amide bonds. The van der Waals surface area contributed by atoms with E-state index in [9.17, 15) is 9.18 Å². The molecule has 0 atom stereocenters. The van der Waals surface area contributed by atoms with Crippen LogP contribution in [-0.4, -0.2) is 11.1 Å². The third kappa shape index (κ3) is 3.04. The van der Waals surface area contributed by atoms with Crippen molar-refractivity contribution < 1.29 is 14.3 Å². The van der Waals surface area contributed by atoms with Crippen LogP contribution < -0.4 is 0 Å². The third-order valence-electron chi connectivity index (χ3n) is 2.45. The topological polar surface area (TPSA) is 37.3 Å². The van der Waals surface area contributed by atoms with Gasteiger partial charge in [0.15, 0.2) is 0 Å². The SMILES string of the molecule is O=C(O)C=Cc1cc(F)cc(-c2ccccc2)c1. The van der Waals surface area contributed by atoms with Crippen molar-refractivity contribution in [2.24, 2.45) is 0 Å². The van der Waals surface area contributed by atoms with Gasteiger partial charge in [-0.1, -0.05) is 30.3 Å². The molecular weight excluding hydrogens is 231 g/mol. The molecule has 0 bridgehead atoms. The molecule has 0 aliphatic rings. The van der Waals surface area contributed by atoms with E-state index < -0.39 is 5.97 Å². The first-order valence-electron chi connectivity index (χ1n) is 5.42. The van der Waals surface area contributed by atoms with Gasteiger partial charge in [-0.25, -0.2) is 9.18 Å². The standard InChI is InChI=1S/C15H11FO2/c16-14-9-11(6-7-15(17)18)8-13(10-14)12-4-2-1-3-5-12/h1-10H,(H,17,18). The molecule has 2 aromatic carbocycles. The molecule has 0 radical (unpaired) electrons. The van der Waals surface area contributed by atoms with Crippen LogP contribution in [0.2, 0.25) is 0 Å². The Morgan fingerprint density at radius 3 is 2.44 bits per heavy atom. The van der Waals surface area contributed by atoms with Crippen LogP contribution in [0.4, 0.5) is 4.39 Å². The number of hydrogen-bond acceptors (Lipinski definition) is 1. The molecular formula is C15H11FO2. The van der Waals surface area contributed by atoms with Crippen LogP contribution in [0.15, 0.2) is 54.6 Å². The maximum absolute atomic E-state index is 13.5. The second kappa shape index (κ2) is 5.27. The highest BCUT2D eigenvalue weighted by atomic mass is 19.1. The molecule has 0 aromatic heterocycles. The normalized spacial score (nSPS) is 10.7. The summed E-state index contributed by atoms with van der Waals surface area (Å²) in [5.74, 6) is -1.44. The summed E-state index contributed by atoms with van der Waals surface area (Å²) in [6.07, 6.45) is 2.36. The van der Waals surface area contributed by atoms with Crippen LogP contribution in [0.3, 0.4) is 0 Å². The lowest BCUT2D eigenvalue weighted by Gasteiger charge is -2.03. The molecule has 2 nitrogen and oxygen atoms in total. The quantitative estimate of drug-likeness (QED) is 0.835. The lowest BCUT2D eigenvalue weighted by molar-refractivity contribution is -0.131. The maximum Gasteiger partial charge on any atom is 0.328 e. The molecule has 0 spiro atoms. The Balaban J connectivity index is 2.41. The fourth-order valence-electron chi connectivity index (χ4n) is 1.67. The molecule has 2 aromatic rings. The van der Waals surface area contributed by atoms with Gasteiger partial charge in [0.1, 0.15) is 5.82 Å². The van der Waals surface area contributed by atoms with Gasteiger partial charge in [-0.2, -0.15) is 0 Å². The molecule has 18 heavy (non-hydrogen) atoms. The number of carboxylic acids is 1. The van der Waals surface area contributed by atoms with Crippen molar-refractivity contribution in [3.63, 3.8) is 0 Å². The molecule has 2 rings (SSSR count). The van der Waals surface area contributed by atoms with Crippen molar-refractivity contribution in [1.29, 1.82) is 0 Å². The van der Waals surface area contributed by atoms with E-state index in [4.69, 9.17) is 5.11 Å². The average molecular weight is 242 g/mol. The minimum atomic E-state index is -1.06. The number of aliphatic carboxylic acids is 1. The van der Waals surface area contributed by atoms with Crippen LogP contribution in [0.25, 0.3) is 17.2 Å². The first-order chi connectivity index (χ1) is 8.65. The van der Waals surface area contributed by atoms with Gasteiger partial charge in [0.05, 0.1) is 0 Å². The highest BCUT2D eigenvalue weighted by molar-refractivity contribution is 5.85. The van der Waals surface area contributed by atoms with Crippen molar-refractivity contribution in [3.8, 4) is 11.1 Å². The van der Waals surface area contributed by atoms with Crippen molar-refractivity contribution in [2.45, 2.75) is 0 Å². The van der Waals surface area contributed by atoms with Crippen LogP contribution in [0, 0.1) is 5.82 Å². The van der Waals surface area contributed by atoms with Crippen LogP contribution in [-0.2, 0) is 4.79 Å². The molecule has 0 unspecified atom stereocenters. The summed E-state index contributed by atoms with van der Waals surface area (Å²) < 4.78 is 13.5. The number of carbonyl (C=O) groups is 1. The zero-order chi connectivity index (χ0) is 13.0. The average Bonchev–Trinajstić information content (AvgIpc) is 2.37. The van der Waals surface area contributed by atoms with Gasteiger partial charge in [0, 0.05) is 6.08 Å². The van der Waals surface area contributed by atoms with Gasteiger partial charge in [-0.3, -0.25) is 0 Å². The third-order valence-corrected chi connectivity index (χ3v) is 2.45. The Kier molecular flexibility index (Phi) is 3.53. The van der Waals surface area contributed by atoms with Gasteiger partial charge in [-0.05, 0) is 41.0 Å². The molecule has 3 heteroatoms. The zero-order valence-electron chi connectivity index (χ0n) is 9.51. The van der Waals surface area contributed by atoms with E-state index in [0.717, 1.165) is 17.2 Å². The summed E-state index contributed by atoms with van der Waals surface area (Å²) in [6.45, 7) is 0. The molecule has 90 valence electrons. The van der Waals surface area contributed by atoms with E-state index in [1.807, 2.05) is 30.3 Å². The van der Waals surface area contributed by atoms with E-state index in [1.54, 1.807) is 6.07 Å². The van der Waals surface area contributed by atoms with Crippen molar-refractivity contribution in [1.82, 2.24) is 0 Å². The van der Waals surface area contributed by atoms with Crippen LogP contribution in [0.1, 0.15) is 5.56 Å². The Morgan fingerprint density at radius 1 is 1.06 bits per heavy atom. The fourth-order valence-corrected chi connectivity index (χ4v) is 1.67. The van der Waals surface area contributed by atoms with Crippen LogP contribution >= 0.6 is 0 Å². The first kappa shape index (κ1) is 12.0. The monoisotopic (exact) mass is 242 g/mol. The maximum atomic E-state index is 13.5. The van der Waals surface area contributed by atoms with E-state index >= 15 is 0 Å². The van der Waals surface area contributed by atoms with E-state index in [2.05, 4.69) is 0 Å². The zero-order valence-corrected chi connectivity index (χ0v) is 9.51. The summed E-state index contributed by atoms with van der Waals surface area (Å²) in [5, 5.41) is 8.55. The van der Waals surface area contributed by atoms with E-state index in [1.165, 1.54) is 18.2 Å². The molecule has 0 aliphatic carbocycles. The van der Waals surface area contributed by atoms with Crippen molar-refractivity contribution in [2.75, 3.05) is 0 Å². The number of hydrogen-bond donors (Lipinski definition) is 1. The highest BCUT2D eigenvalue weighted by Crippen LogP contribution is 2.22. The lowest BCUT2D eigenvalue weighted by atomic mass is 10.0. The van der Waals surface area contributed by atoms with E-state index in [-0.39, 0.29) is 5.82 Å². The second-order valence-electron chi connectivity index (χ2n) is 3.81. The minimum absolute atomic E-state index is 0.388.